The van der Waals surface area contributed by atoms with Gasteiger partial charge in [-0.05, 0) is 54.9 Å². The minimum atomic E-state index is -2.53. The van der Waals surface area contributed by atoms with Crippen LogP contribution >= 0.6 is 0 Å². The number of hydrogen-bond acceptors (Lipinski definition) is 3. The van der Waals surface area contributed by atoms with Gasteiger partial charge in [-0.1, -0.05) is 107 Å². The molecule has 1 amide bonds. The maximum absolute atomic E-state index is 12.3. The molecule has 1 atom stereocenters. The summed E-state index contributed by atoms with van der Waals surface area (Å²) in [4.78, 5) is 12.3. The van der Waals surface area contributed by atoms with E-state index in [-0.39, 0.29) is 17.2 Å². The van der Waals surface area contributed by atoms with Crippen molar-refractivity contribution < 1.29 is 14.0 Å². The molecule has 0 heterocycles. The Labute approximate surface area is 214 Å². The lowest BCUT2D eigenvalue weighted by atomic mass is 10.0. The summed E-state index contributed by atoms with van der Waals surface area (Å²) in [5.41, 5.74) is -0.514. The Kier molecular flexibility index (Phi) is 10.3. The summed E-state index contributed by atoms with van der Waals surface area (Å²) in [7, 11) is -2.53. The highest BCUT2D eigenvalue weighted by Gasteiger charge is 2.49. The van der Waals surface area contributed by atoms with Crippen molar-refractivity contribution in [3.05, 3.63) is 72.8 Å². The average molecular weight is 496 g/mol. The molecule has 0 aliphatic rings. The first kappa shape index (κ1) is 28.9. The highest BCUT2D eigenvalue weighted by molar-refractivity contribution is 6.99. The zero-order valence-electron chi connectivity index (χ0n) is 22.9. The van der Waals surface area contributed by atoms with Crippen LogP contribution in [0.2, 0.25) is 5.04 Å². The number of benzene rings is 2. The molecule has 192 valence electrons. The lowest BCUT2D eigenvalue weighted by Crippen LogP contribution is -2.66. The normalized spacial score (nSPS) is 13.7. The van der Waals surface area contributed by atoms with Gasteiger partial charge in [0.05, 0.1) is 6.04 Å². The molecular weight excluding hydrogens is 450 g/mol. The number of carbonyl (C=O) groups is 1. The van der Waals surface area contributed by atoms with Gasteiger partial charge in [-0.2, -0.15) is 0 Å². The molecule has 1 N–H and O–H groups in total. The van der Waals surface area contributed by atoms with E-state index in [0.717, 1.165) is 12.8 Å². The van der Waals surface area contributed by atoms with E-state index in [1.54, 1.807) is 0 Å². The molecule has 0 spiro atoms. The summed E-state index contributed by atoms with van der Waals surface area (Å²) in [6.45, 7) is 17.4. The Hall–Kier alpha value is -2.37. The minimum Gasteiger partial charge on any atom is -0.444 e. The Balaban J connectivity index is 2.19. The summed E-state index contributed by atoms with van der Waals surface area (Å²) in [5.74, 6) is 0.452. The van der Waals surface area contributed by atoms with E-state index in [4.69, 9.17) is 9.16 Å². The number of ether oxygens (including phenoxy) is 1. The Bertz CT molecular complexity index is 888. The Morgan fingerprint density at radius 1 is 0.914 bits per heavy atom. The lowest BCUT2D eigenvalue weighted by molar-refractivity contribution is 0.0510. The van der Waals surface area contributed by atoms with Crippen molar-refractivity contribution >= 4 is 24.8 Å². The van der Waals surface area contributed by atoms with E-state index in [2.05, 4.69) is 113 Å². The quantitative estimate of drug-likeness (QED) is 0.234. The first-order valence-corrected chi connectivity index (χ1v) is 14.7. The molecule has 0 radical (unpaired) electrons. The van der Waals surface area contributed by atoms with Crippen LogP contribution in [0, 0.1) is 5.92 Å². The number of nitrogens with one attached hydrogen (secondary N) is 1. The largest absolute Gasteiger partial charge is 0.444 e. The van der Waals surface area contributed by atoms with Crippen molar-refractivity contribution in [2.45, 2.75) is 84.9 Å². The van der Waals surface area contributed by atoms with E-state index >= 15 is 0 Å². The van der Waals surface area contributed by atoms with Crippen LogP contribution in [0.3, 0.4) is 0 Å². The van der Waals surface area contributed by atoms with Gasteiger partial charge in [-0.15, -0.1) is 0 Å². The SMILES string of the molecule is CC(C)C[C@@H](/C=C/CCO[Si](c1ccccc1)(c1ccccc1)C(C)(C)C)NC(=O)OC(C)(C)C. The van der Waals surface area contributed by atoms with E-state index < -0.39 is 13.9 Å². The minimum absolute atomic E-state index is 0.0438. The third-order valence-corrected chi connectivity index (χ3v) is 10.9. The van der Waals surface area contributed by atoms with Gasteiger partial charge in [-0.25, -0.2) is 4.79 Å². The molecule has 0 saturated heterocycles. The molecule has 35 heavy (non-hydrogen) atoms. The number of rotatable bonds is 10. The predicted octanol–water partition coefficient (Wildman–Crippen LogP) is 6.45. The molecule has 5 heteroatoms. The first-order valence-electron chi connectivity index (χ1n) is 12.8. The monoisotopic (exact) mass is 495 g/mol. The summed E-state index contributed by atoms with van der Waals surface area (Å²) < 4.78 is 12.4. The van der Waals surface area contributed by atoms with E-state index in [9.17, 15) is 4.79 Å². The fourth-order valence-corrected chi connectivity index (χ4v) is 9.03. The smallest absolute Gasteiger partial charge is 0.408 e. The molecule has 0 aliphatic heterocycles. The van der Waals surface area contributed by atoms with Crippen LogP contribution < -0.4 is 15.7 Å². The highest BCUT2D eigenvalue weighted by Crippen LogP contribution is 2.36. The third kappa shape index (κ3) is 8.66. The molecule has 0 fully saturated rings. The fraction of sp³-hybridized carbons (Fsp3) is 0.500. The Morgan fingerprint density at radius 3 is 1.86 bits per heavy atom. The van der Waals surface area contributed by atoms with Gasteiger partial charge in [0.2, 0.25) is 0 Å². The topological polar surface area (TPSA) is 47.6 Å². The second-order valence-electron chi connectivity index (χ2n) is 11.6. The molecule has 4 nitrogen and oxygen atoms in total. The average Bonchev–Trinajstić information content (AvgIpc) is 2.74. The molecule has 2 aromatic carbocycles. The fourth-order valence-electron chi connectivity index (χ4n) is 4.45. The molecule has 0 aromatic heterocycles. The molecule has 0 bridgehead atoms. The lowest BCUT2D eigenvalue weighted by Gasteiger charge is -2.43. The van der Waals surface area contributed by atoms with Gasteiger partial charge < -0.3 is 14.5 Å². The van der Waals surface area contributed by atoms with Crippen LogP contribution in [0.5, 0.6) is 0 Å². The zero-order valence-corrected chi connectivity index (χ0v) is 23.9. The van der Waals surface area contributed by atoms with Gasteiger partial charge in [0, 0.05) is 6.61 Å². The van der Waals surface area contributed by atoms with Gasteiger partial charge in [-0.3, -0.25) is 0 Å². The van der Waals surface area contributed by atoms with Crippen molar-refractivity contribution in [1.29, 1.82) is 0 Å². The molecule has 2 aromatic rings. The van der Waals surface area contributed by atoms with Crippen LogP contribution in [-0.4, -0.2) is 32.7 Å². The maximum Gasteiger partial charge on any atom is 0.408 e. The van der Waals surface area contributed by atoms with Gasteiger partial charge in [0.15, 0.2) is 0 Å². The summed E-state index contributed by atoms with van der Waals surface area (Å²) in [6.07, 6.45) is 5.46. The molecule has 0 aliphatic carbocycles. The van der Waals surface area contributed by atoms with Crippen LogP contribution in [0.15, 0.2) is 72.8 Å². The summed E-state index contributed by atoms with van der Waals surface area (Å²) >= 11 is 0. The van der Waals surface area contributed by atoms with Crippen molar-refractivity contribution in [2.75, 3.05) is 6.61 Å². The van der Waals surface area contributed by atoms with Crippen molar-refractivity contribution in [2.24, 2.45) is 5.92 Å². The van der Waals surface area contributed by atoms with E-state index in [0.29, 0.717) is 12.5 Å². The number of hydrogen-bond donors (Lipinski definition) is 1. The predicted molar refractivity (Wildman–Crippen MR) is 150 cm³/mol. The third-order valence-electron chi connectivity index (χ3n) is 5.82. The first-order chi connectivity index (χ1) is 16.3. The highest BCUT2D eigenvalue weighted by atomic mass is 28.4. The van der Waals surface area contributed by atoms with Crippen molar-refractivity contribution in [3.63, 3.8) is 0 Å². The summed E-state index contributed by atoms with van der Waals surface area (Å²) in [6, 6.07) is 21.3. The van der Waals surface area contributed by atoms with Crippen LogP contribution in [0.4, 0.5) is 4.79 Å². The summed E-state index contributed by atoms with van der Waals surface area (Å²) in [5, 5.41) is 5.53. The van der Waals surface area contributed by atoms with Gasteiger partial charge in [0.1, 0.15) is 5.60 Å². The maximum atomic E-state index is 12.3. The van der Waals surface area contributed by atoms with Crippen molar-refractivity contribution in [1.82, 2.24) is 5.32 Å². The molecule has 0 unspecified atom stereocenters. The van der Waals surface area contributed by atoms with Gasteiger partial charge in [0.25, 0.3) is 8.32 Å². The van der Waals surface area contributed by atoms with E-state index in [1.165, 1.54) is 10.4 Å². The van der Waals surface area contributed by atoms with Crippen molar-refractivity contribution in [3.8, 4) is 0 Å². The molecular formula is C30H45NO3Si. The second-order valence-corrected chi connectivity index (χ2v) is 15.9. The Morgan fingerprint density at radius 2 is 1.43 bits per heavy atom. The molecule has 2 rings (SSSR count). The number of alkyl carbamates (subject to hydrolysis) is 1. The van der Waals surface area contributed by atoms with Crippen LogP contribution in [-0.2, 0) is 9.16 Å². The van der Waals surface area contributed by atoms with E-state index in [1.807, 2.05) is 20.8 Å². The van der Waals surface area contributed by atoms with Gasteiger partial charge >= 0.3 is 6.09 Å². The number of amides is 1. The number of carbonyl (C=O) groups excluding carboxylic acids is 1. The second kappa shape index (κ2) is 12.5. The molecule has 0 saturated carbocycles. The zero-order chi connectivity index (χ0) is 26.1. The van der Waals surface area contributed by atoms with Crippen LogP contribution in [0.25, 0.3) is 0 Å². The standard InChI is InChI=1S/C30H45NO3Si/c1-24(2)23-25(31-28(32)34-29(3,4)5)17-15-16-22-33-35(30(6,7)8,26-18-11-9-12-19-26)27-20-13-10-14-21-27/h9-15,17-21,24-25H,16,22-23H2,1-8H3,(H,31,32)/b17-15+/t25-/m1/s1. The van der Waals surface area contributed by atoms with Crippen LogP contribution in [0.1, 0.15) is 68.2 Å².